The van der Waals surface area contributed by atoms with Gasteiger partial charge in [-0.3, -0.25) is 9.97 Å². The van der Waals surface area contributed by atoms with Gasteiger partial charge in [-0.05, 0) is 82.4 Å². The first-order chi connectivity index (χ1) is 23.6. The molecule has 0 bridgehead atoms. The van der Waals surface area contributed by atoms with Crippen molar-refractivity contribution in [3.63, 3.8) is 0 Å². The van der Waals surface area contributed by atoms with Gasteiger partial charge in [0.1, 0.15) is 6.33 Å². The molecule has 254 valence electrons. The quantitative estimate of drug-likeness (QED) is 0.171. The maximum atomic E-state index is 14.2. The average Bonchev–Trinajstić information content (AvgIpc) is 3.84. The highest BCUT2D eigenvalue weighted by Gasteiger charge is 2.43. The topological polar surface area (TPSA) is 146 Å². The highest BCUT2D eigenvalue weighted by molar-refractivity contribution is 7.92. The fraction of sp³-hybridized carbons (Fsp3) is 0.472. The summed E-state index contributed by atoms with van der Waals surface area (Å²) in [6.07, 6.45) is 8.79. The monoisotopic (exact) mass is 697 g/mol. The van der Waals surface area contributed by atoms with Gasteiger partial charge in [-0.15, -0.1) is 21.5 Å². The van der Waals surface area contributed by atoms with E-state index in [9.17, 15) is 8.42 Å². The van der Waals surface area contributed by atoms with Crippen LogP contribution < -0.4 is 0 Å². The van der Waals surface area contributed by atoms with Crippen LogP contribution in [0.4, 0.5) is 5.82 Å². The van der Waals surface area contributed by atoms with Crippen molar-refractivity contribution in [3.05, 3.63) is 59.3 Å². The molecule has 13 heteroatoms. The predicted octanol–water partition coefficient (Wildman–Crippen LogP) is 7.24. The number of hydrogen-bond donors (Lipinski definition) is 0. The first kappa shape index (κ1) is 32.3. The second-order valence-electron chi connectivity index (χ2n) is 14.0. The molecule has 0 aromatic carbocycles. The zero-order valence-electron chi connectivity index (χ0n) is 28.3. The molecule has 5 aromatic heterocycles. The van der Waals surface area contributed by atoms with Crippen LogP contribution in [0.3, 0.4) is 0 Å². The molecule has 1 saturated heterocycles. The lowest BCUT2D eigenvalue weighted by Gasteiger charge is -2.32. The number of aromatic nitrogens is 6. The Labute approximate surface area is 289 Å². The second-order valence-corrected chi connectivity index (χ2v) is 17.0. The van der Waals surface area contributed by atoms with Gasteiger partial charge in [-0.2, -0.15) is 0 Å². The lowest BCUT2D eigenvalue weighted by Crippen LogP contribution is -2.29. The average molecular weight is 698 g/mol. The summed E-state index contributed by atoms with van der Waals surface area (Å²) in [5, 5.41) is 8.61. The van der Waals surface area contributed by atoms with Gasteiger partial charge in [0.2, 0.25) is 11.8 Å². The van der Waals surface area contributed by atoms with Crippen molar-refractivity contribution in [1.82, 2.24) is 30.1 Å². The molecule has 3 unspecified atom stereocenters. The van der Waals surface area contributed by atoms with E-state index in [-0.39, 0.29) is 40.6 Å². The van der Waals surface area contributed by atoms with Gasteiger partial charge in [-0.1, -0.05) is 13.8 Å². The highest BCUT2D eigenvalue weighted by Crippen LogP contribution is 2.51. The number of rotatable bonds is 7. The number of aliphatic imine (C=N–C) groups is 1. The largest absolute Gasteiger partial charge is 0.421 e. The van der Waals surface area contributed by atoms with Gasteiger partial charge in [0.05, 0.1) is 55.7 Å². The van der Waals surface area contributed by atoms with Crippen molar-refractivity contribution in [2.75, 3.05) is 5.75 Å². The molecule has 5 aromatic rings. The second kappa shape index (κ2) is 12.4. The van der Waals surface area contributed by atoms with E-state index in [1.807, 2.05) is 24.4 Å². The molecule has 0 N–H and O–H groups in total. The maximum absolute atomic E-state index is 14.2. The van der Waals surface area contributed by atoms with Crippen molar-refractivity contribution in [3.8, 4) is 21.9 Å². The van der Waals surface area contributed by atoms with Crippen LogP contribution in [-0.4, -0.2) is 62.2 Å². The highest BCUT2D eigenvalue weighted by atomic mass is 32.2. The van der Waals surface area contributed by atoms with Crippen molar-refractivity contribution in [2.24, 2.45) is 16.8 Å². The molecule has 0 radical (unpaired) electrons. The summed E-state index contributed by atoms with van der Waals surface area (Å²) >= 11 is 1.44. The van der Waals surface area contributed by atoms with E-state index in [1.165, 1.54) is 17.7 Å². The summed E-state index contributed by atoms with van der Waals surface area (Å²) in [7, 11) is -3.70. The number of thiophene rings is 1. The van der Waals surface area contributed by atoms with Crippen LogP contribution in [0.15, 0.2) is 45.0 Å². The number of aryl methyl sites for hydroxylation is 3. The Kier molecular flexibility index (Phi) is 8.19. The van der Waals surface area contributed by atoms with E-state index < -0.39 is 9.84 Å². The zero-order chi connectivity index (χ0) is 34.0. The van der Waals surface area contributed by atoms with Crippen LogP contribution in [0.2, 0.25) is 0 Å². The lowest BCUT2D eigenvalue weighted by atomic mass is 9.86. The molecule has 7 heterocycles. The van der Waals surface area contributed by atoms with Crippen LogP contribution in [0, 0.1) is 18.8 Å². The minimum atomic E-state index is -3.70. The van der Waals surface area contributed by atoms with Crippen molar-refractivity contribution in [1.29, 1.82) is 0 Å². The number of hydrogen-bond acceptors (Lipinski definition) is 12. The predicted molar refractivity (Wildman–Crippen MR) is 188 cm³/mol. The van der Waals surface area contributed by atoms with Crippen LogP contribution in [0.25, 0.3) is 32.1 Å². The Morgan fingerprint density at radius 1 is 1.06 bits per heavy atom. The summed E-state index contributed by atoms with van der Waals surface area (Å²) in [4.78, 5) is 25.0. The Morgan fingerprint density at radius 3 is 2.63 bits per heavy atom. The number of ether oxygens (including phenoxy) is 1. The Bertz CT molecular complexity index is 2220. The van der Waals surface area contributed by atoms with Crippen molar-refractivity contribution >= 4 is 42.9 Å². The molecule has 49 heavy (non-hydrogen) atoms. The van der Waals surface area contributed by atoms with E-state index in [0.29, 0.717) is 46.4 Å². The maximum Gasteiger partial charge on any atom is 0.250 e. The molecule has 0 saturated carbocycles. The fourth-order valence-corrected chi connectivity index (χ4v) is 11.2. The van der Waals surface area contributed by atoms with E-state index in [4.69, 9.17) is 19.1 Å². The summed E-state index contributed by atoms with van der Waals surface area (Å²) < 4.78 is 41.3. The lowest BCUT2D eigenvalue weighted by molar-refractivity contribution is -0.0533. The van der Waals surface area contributed by atoms with E-state index >= 15 is 0 Å². The summed E-state index contributed by atoms with van der Waals surface area (Å²) in [6, 6.07) is 5.92. The number of pyridine rings is 2. The molecular formula is C36H39N7O4S2. The van der Waals surface area contributed by atoms with Crippen LogP contribution >= 0.6 is 11.3 Å². The molecule has 1 fully saturated rings. The molecule has 2 aliphatic heterocycles. The van der Waals surface area contributed by atoms with E-state index in [1.54, 1.807) is 6.92 Å². The van der Waals surface area contributed by atoms with Gasteiger partial charge in [0, 0.05) is 40.7 Å². The molecule has 1 aliphatic carbocycles. The first-order valence-electron chi connectivity index (χ1n) is 17.1. The Balaban J connectivity index is 1.33. The van der Waals surface area contributed by atoms with Gasteiger partial charge in [0.15, 0.2) is 15.7 Å². The van der Waals surface area contributed by atoms with Crippen molar-refractivity contribution in [2.45, 2.75) is 96.2 Å². The number of nitrogens with zero attached hydrogens (tertiary/aromatic N) is 7. The normalized spacial score (nSPS) is 23.8. The third kappa shape index (κ3) is 5.89. The molecule has 8 rings (SSSR count). The SMILES string of the molecule is Cc1nnc(-c2c(CCC3CC(C)OC(C)C3)nc3c(c2-c2cc4ncnc(N=C5CCc6ncccc65)c4s2)S(=O)(=O)CC3C(C)C)o1. The van der Waals surface area contributed by atoms with Crippen LogP contribution in [0.1, 0.15) is 87.8 Å². The zero-order valence-corrected chi connectivity index (χ0v) is 29.9. The Hall–Kier alpha value is -3.94. The third-order valence-corrected chi connectivity index (χ3v) is 13.0. The van der Waals surface area contributed by atoms with E-state index in [2.05, 4.69) is 52.8 Å². The van der Waals surface area contributed by atoms with Gasteiger partial charge >= 0.3 is 0 Å². The van der Waals surface area contributed by atoms with E-state index in [0.717, 1.165) is 64.3 Å². The molecule has 3 aliphatic rings. The van der Waals surface area contributed by atoms with Crippen LogP contribution in [-0.2, 0) is 27.4 Å². The third-order valence-electron chi connectivity index (χ3n) is 10.0. The molecule has 0 spiro atoms. The fourth-order valence-electron chi connectivity index (χ4n) is 7.83. The summed E-state index contributed by atoms with van der Waals surface area (Å²) in [5.41, 5.74) is 6.27. The smallest absolute Gasteiger partial charge is 0.250 e. The molecule has 0 amide bonds. The van der Waals surface area contributed by atoms with Gasteiger partial charge in [-0.25, -0.2) is 23.4 Å². The van der Waals surface area contributed by atoms with Gasteiger partial charge < -0.3 is 9.15 Å². The minimum Gasteiger partial charge on any atom is -0.421 e. The molecular weight excluding hydrogens is 659 g/mol. The van der Waals surface area contributed by atoms with Crippen molar-refractivity contribution < 1.29 is 17.6 Å². The van der Waals surface area contributed by atoms with Gasteiger partial charge in [0.25, 0.3) is 0 Å². The summed E-state index contributed by atoms with van der Waals surface area (Å²) in [6.45, 7) is 10.1. The number of sulfone groups is 1. The molecule has 3 atom stereocenters. The van der Waals surface area contributed by atoms with Crippen LogP contribution in [0.5, 0.6) is 0 Å². The minimum absolute atomic E-state index is 0.0117. The Morgan fingerprint density at radius 2 is 1.88 bits per heavy atom. The summed E-state index contributed by atoms with van der Waals surface area (Å²) in [5.74, 6) is 1.54. The first-order valence-corrected chi connectivity index (χ1v) is 19.5. The standard InChI is InChI=1S/C36H39N7O4S2/c1-18(2)24-16-49(44,45)34-31(29-15-28-33(48-29)35(39-17-38-28)41-26-11-10-25-23(26)7-6-12-37-25)30(36-43-42-21(5)47-36)27(40-32(24)34)9-8-22-13-19(3)46-20(4)14-22/h6-7,12,15,17-20,22,24H,8-11,13-14,16H2,1-5H3. The molecule has 11 nitrogen and oxygen atoms in total. The number of fused-ring (bicyclic) bond motifs is 3.